The molecule has 0 aromatic heterocycles. The van der Waals surface area contributed by atoms with Crippen molar-refractivity contribution in [2.24, 2.45) is 0 Å². The van der Waals surface area contributed by atoms with Crippen LogP contribution in [0.25, 0.3) is 0 Å². The molecule has 1 amide bonds. The van der Waals surface area contributed by atoms with Gasteiger partial charge in [0, 0.05) is 12.6 Å². The van der Waals surface area contributed by atoms with Crippen LogP contribution in [0.1, 0.15) is 33.1 Å². The number of hydrogen-bond acceptors (Lipinski definition) is 2. The zero-order valence-electron chi connectivity index (χ0n) is 9.31. The second-order valence-electron chi connectivity index (χ2n) is 3.51. The first-order valence-corrected chi connectivity index (χ1v) is 5.31. The third-order valence-electron chi connectivity index (χ3n) is 1.98. The van der Waals surface area contributed by atoms with Gasteiger partial charge in [0.15, 0.2) is 0 Å². The van der Waals surface area contributed by atoms with Crippen LogP contribution in [-0.2, 0) is 4.79 Å². The van der Waals surface area contributed by atoms with Gasteiger partial charge >= 0.3 is 0 Å². The molecule has 0 aliphatic rings. The van der Waals surface area contributed by atoms with Gasteiger partial charge in [-0.15, -0.1) is 6.58 Å². The number of rotatable bonds is 8. The summed E-state index contributed by atoms with van der Waals surface area (Å²) in [5, 5.41) is 5.98. The first-order chi connectivity index (χ1) is 6.70. The molecule has 3 heteroatoms. The van der Waals surface area contributed by atoms with Crippen molar-refractivity contribution in [3.05, 3.63) is 12.7 Å². The molecular weight excluding hydrogens is 176 g/mol. The zero-order chi connectivity index (χ0) is 10.8. The predicted octanol–water partition coefficient (Wildman–Crippen LogP) is 1.46. The summed E-state index contributed by atoms with van der Waals surface area (Å²) in [4.78, 5) is 11.2. The monoisotopic (exact) mass is 198 g/mol. The summed E-state index contributed by atoms with van der Waals surface area (Å²) in [5.74, 6) is 0.0781. The lowest BCUT2D eigenvalue weighted by atomic mass is 10.2. The van der Waals surface area contributed by atoms with E-state index in [1.807, 2.05) is 13.0 Å². The van der Waals surface area contributed by atoms with Crippen molar-refractivity contribution in [2.75, 3.05) is 13.1 Å². The van der Waals surface area contributed by atoms with Crippen molar-refractivity contribution < 1.29 is 4.79 Å². The van der Waals surface area contributed by atoms with Crippen molar-refractivity contribution in [1.82, 2.24) is 10.6 Å². The molecule has 0 aromatic carbocycles. The molecule has 14 heavy (non-hydrogen) atoms. The van der Waals surface area contributed by atoms with E-state index in [-0.39, 0.29) is 5.91 Å². The van der Waals surface area contributed by atoms with E-state index in [9.17, 15) is 4.79 Å². The van der Waals surface area contributed by atoms with Crippen LogP contribution in [0.3, 0.4) is 0 Å². The molecule has 0 radical (unpaired) electrons. The molecule has 0 fully saturated rings. The molecule has 0 saturated carbocycles. The highest BCUT2D eigenvalue weighted by Crippen LogP contribution is 1.89. The molecule has 3 nitrogen and oxygen atoms in total. The first-order valence-electron chi connectivity index (χ1n) is 5.31. The van der Waals surface area contributed by atoms with Gasteiger partial charge in [-0.25, -0.2) is 0 Å². The Kier molecular flexibility index (Phi) is 8.24. The minimum Gasteiger partial charge on any atom is -0.355 e. The van der Waals surface area contributed by atoms with Crippen molar-refractivity contribution in [3.8, 4) is 0 Å². The first kappa shape index (κ1) is 13.2. The predicted molar refractivity (Wildman–Crippen MR) is 60.2 cm³/mol. The summed E-state index contributed by atoms with van der Waals surface area (Å²) in [6.07, 6.45) is 4.91. The molecule has 0 aliphatic heterocycles. The van der Waals surface area contributed by atoms with E-state index >= 15 is 0 Å². The number of carbonyl (C=O) groups excluding carboxylic acids is 1. The summed E-state index contributed by atoms with van der Waals surface area (Å²) in [6, 6.07) is 0.324. The molecule has 0 saturated heterocycles. The van der Waals surface area contributed by atoms with Crippen LogP contribution in [0.15, 0.2) is 12.7 Å². The average Bonchev–Trinajstić information content (AvgIpc) is 2.16. The molecule has 0 rings (SSSR count). The van der Waals surface area contributed by atoms with E-state index in [0.29, 0.717) is 12.6 Å². The van der Waals surface area contributed by atoms with E-state index in [2.05, 4.69) is 24.1 Å². The Hall–Kier alpha value is -0.830. The fourth-order valence-corrected chi connectivity index (χ4v) is 1.07. The number of amides is 1. The lowest BCUT2D eigenvalue weighted by Crippen LogP contribution is -2.38. The van der Waals surface area contributed by atoms with Gasteiger partial charge in [0.25, 0.3) is 0 Å². The molecule has 1 unspecified atom stereocenters. The van der Waals surface area contributed by atoms with E-state index in [0.717, 1.165) is 25.8 Å². The number of unbranched alkanes of at least 4 members (excludes halogenated alkanes) is 1. The molecule has 0 spiro atoms. The fraction of sp³-hybridized carbons (Fsp3) is 0.727. The van der Waals surface area contributed by atoms with Gasteiger partial charge in [-0.2, -0.15) is 0 Å². The fourth-order valence-electron chi connectivity index (χ4n) is 1.07. The van der Waals surface area contributed by atoms with Crippen LogP contribution in [-0.4, -0.2) is 25.0 Å². The second-order valence-corrected chi connectivity index (χ2v) is 3.51. The SMILES string of the molecule is C=CCC(C)NCC(=O)NCCCC. The van der Waals surface area contributed by atoms with E-state index in [1.54, 1.807) is 0 Å². The third-order valence-corrected chi connectivity index (χ3v) is 1.98. The Balaban J connectivity index is 3.38. The normalized spacial score (nSPS) is 12.1. The second kappa shape index (κ2) is 8.75. The molecular formula is C11H22N2O. The van der Waals surface area contributed by atoms with Gasteiger partial charge in [0.05, 0.1) is 6.54 Å². The molecule has 82 valence electrons. The van der Waals surface area contributed by atoms with E-state index < -0.39 is 0 Å². The minimum atomic E-state index is 0.0781. The van der Waals surface area contributed by atoms with Gasteiger partial charge < -0.3 is 10.6 Å². The third kappa shape index (κ3) is 7.80. The van der Waals surface area contributed by atoms with Gasteiger partial charge in [0.2, 0.25) is 5.91 Å². The largest absolute Gasteiger partial charge is 0.355 e. The van der Waals surface area contributed by atoms with Gasteiger partial charge in [-0.05, 0) is 19.8 Å². The maximum atomic E-state index is 11.2. The van der Waals surface area contributed by atoms with E-state index in [1.165, 1.54) is 0 Å². The standard InChI is InChI=1S/C11H22N2O/c1-4-6-8-12-11(14)9-13-10(3)7-5-2/h5,10,13H,2,4,6-9H2,1,3H3,(H,12,14). The average molecular weight is 198 g/mol. The van der Waals surface area contributed by atoms with Crippen LogP contribution in [0.5, 0.6) is 0 Å². The number of carbonyl (C=O) groups is 1. The zero-order valence-corrected chi connectivity index (χ0v) is 9.31. The van der Waals surface area contributed by atoms with Crippen molar-refractivity contribution in [1.29, 1.82) is 0 Å². The lowest BCUT2D eigenvalue weighted by molar-refractivity contribution is -0.120. The lowest BCUT2D eigenvalue weighted by Gasteiger charge is -2.11. The van der Waals surface area contributed by atoms with Gasteiger partial charge in [-0.3, -0.25) is 4.79 Å². The highest BCUT2D eigenvalue weighted by Gasteiger charge is 2.02. The quantitative estimate of drug-likeness (QED) is 0.458. The van der Waals surface area contributed by atoms with Crippen LogP contribution in [0.2, 0.25) is 0 Å². The Morgan fingerprint density at radius 1 is 1.57 bits per heavy atom. The van der Waals surface area contributed by atoms with Crippen molar-refractivity contribution in [3.63, 3.8) is 0 Å². The smallest absolute Gasteiger partial charge is 0.233 e. The Morgan fingerprint density at radius 3 is 2.86 bits per heavy atom. The maximum absolute atomic E-state index is 11.2. The molecule has 0 aliphatic carbocycles. The molecule has 1 atom stereocenters. The Morgan fingerprint density at radius 2 is 2.29 bits per heavy atom. The Bertz CT molecular complexity index is 169. The van der Waals surface area contributed by atoms with Crippen molar-refractivity contribution in [2.45, 2.75) is 39.2 Å². The van der Waals surface area contributed by atoms with Crippen molar-refractivity contribution >= 4 is 5.91 Å². The summed E-state index contributed by atoms with van der Waals surface area (Å²) in [6.45, 7) is 8.98. The molecule has 0 bridgehead atoms. The van der Waals surface area contributed by atoms with Crippen LogP contribution >= 0.6 is 0 Å². The highest BCUT2D eigenvalue weighted by molar-refractivity contribution is 5.77. The summed E-state index contributed by atoms with van der Waals surface area (Å²) in [5.41, 5.74) is 0. The molecule has 0 aromatic rings. The van der Waals surface area contributed by atoms with Crippen LogP contribution in [0.4, 0.5) is 0 Å². The van der Waals surface area contributed by atoms with E-state index in [4.69, 9.17) is 0 Å². The van der Waals surface area contributed by atoms with Crippen LogP contribution in [0, 0.1) is 0 Å². The highest BCUT2D eigenvalue weighted by atomic mass is 16.1. The topological polar surface area (TPSA) is 41.1 Å². The minimum absolute atomic E-state index is 0.0781. The maximum Gasteiger partial charge on any atom is 0.233 e. The summed E-state index contributed by atoms with van der Waals surface area (Å²) >= 11 is 0. The molecule has 2 N–H and O–H groups in total. The molecule has 0 heterocycles. The summed E-state index contributed by atoms with van der Waals surface area (Å²) in [7, 11) is 0. The number of hydrogen-bond donors (Lipinski definition) is 2. The summed E-state index contributed by atoms with van der Waals surface area (Å²) < 4.78 is 0. The van der Waals surface area contributed by atoms with Gasteiger partial charge in [0.1, 0.15) is 0 Å². The van der Waals surface area contributed by atoms with Gasteiger partial charge in [-0.1, -0.05) is 19.4 Å². The number of nitrogens with one attached hydrogen (secondary N) is 2. The van der Waals surface area contributed by atoms with Crippen LogP contribution < -0.4 is 10.6 Å². The Labute approximate surface area is 87.0 Å².